The van der Waals surface area contributed by atoms with Crippen molar-refractivity contribution < 1.29 is 50.8 Å². The number of nitriles is 1. The number of amides is 1. The van der Waals surface area contributed by atoms with E-state index in [4.69, 9.17) is 145 Å². The average Bonchev–Trinajstić information content (AvgIpc) is 1.68. The number of hydrogen-bond acceptors (Lipinski definition) is 23. The number of carbonyl (C=O) groups excluding carboxylic acids is 2. The summed E-state index contributed by atoms with van der Waals surface area (Å²) in [6.07, 6.45) is 22.2. The van der Waals surface area contributed by atoms with E-state index >= 15 is 0 Å². The number of nitrogens with zero attached hydrogens (tertiary/aromatic N) is 17. The van der Waals surface area contributed by atoms with Gasteiger partial charge in [0.15, 0.2) is 46.3 Å². The number of esters is 1. The first-order valence-corrected chi connectivity index (χ1v) is 44.5. The lowest BCUT2D eigenvalue weighted by Crippen LogP contribution is -2.53. The zero-order chi connectivity index (χ0) is 92.8. The molecule has 1 amide bonds. The van der Waals surface area contributed by atoms with Crippen molar-refractivity contribution in [2.45, 2.75) is 103 Å². The monoisotopic (exact) mass is 1930 g/mol. The van der Waals surface area contributed by atoms with Crippen LogP contribution in [0.4, 0.5) is 40.8 Å². The van der Waals surface area contributed by atoms with E-state index in [0.29, 0.717) is 111 Å². The number of ether oxygens (including phenoxy) is 5. The van der Waals surface area contributed by atoms with Crippen molar-refractivity contribution in [1.29, 1.82) is 5.26 Å². The number of likely N-dealkylation sites (tertiary alicyclic amines) is 3. The van der Waals surface area contributed by atoms with Crippen LogP contribution in [0.1, 0.15) is 119 Å². The zero-order valence-corrected chi connectivity index (χ0v) is 77.4. The first-order chi connectivity index (χ1) is 62.2. The Labute approximate surface area is 787 Å². The fourth-order valence-corrected chi connectivity index (χ4v) is 17.8. The van der Waals surface area contributed by atoms with E-state index in [0.717, 1.165) is 83.0 Å². The first kappa shape index (κ1) is 95.2. The Morgan fingerprint density at radius 1 is 0.469 bits per heavy atom. The number of pyridine rings is 4. The molecule has 8 aromatic heterocycles. The molecule has 2 aliphatic carbocycles. The van der Waals surface area contributed by atoms with Gasteiger partial charge in [0.2, 0.25) is 5.91 Å². The predicted octanol–water partition coefficient (Wildman–Crippen LogP) is 19.2. The second-order valence-corrected chi connectivity index (χ2v) is 35.6. The van der Waals surface area contributed by atoms with Gasteiger partial charge in [0.05, 0.1) is 94.7 Å². The molecule has 40 heteroatoms. The van der Waals surface area contributed by atoms with Gasteiger partial charge in [-0.2, -0.15) is 25.7 Å². The summed E-state index contributed by atoms with van der Waals surface area (Å²) >= 11 is 49.3. The highest BCUT2D eigenvalue weighted by Crippen LogP contribution is 2.45. The molecule has 8 N–H and O–H groups in total. The number of carbonyl (C=O) groups is 2. The van der Waals surface area contributed by atoms with Gasteiger partial charge in [-0.3, -0.25) is 38.1 Å². The largest absolute Gasteiger partial charge is 0.482 e. The molecular weight excluding hydrogens is 1850 g/mol. The molecule has 0 bridgehead atoms. The number of benzene rings is 4. The van der Waals surface area contributed by atoms with Gasteiger partial charge in [0, 0.05) is 189 Å². The average molecular weight is 1940 g/mol. The molecule has 2 saturated carbocycles. The highest BCUT2D eigenvalue weighted by atomic mass is 35.5. The minimum Gasteiger partial charge on any atom is -0.482 e. The molecule has 28 nitrogen and oxygen atoms in total. The van der Waals surface area contributed by atoms with Gasteiger partial charge < -0.3 is 56.4 Å². The van der Waals surface area contributed by atoms with E-state index in [-0.39, 0.29) is 79.2 Å². The number of aromatic nitrogens is 12. The smallest absolute Gasteiger partial charge is 0.309 e. The number of nitrogen functional groups attached to an aromatic ring is 4. The standard InChI is InChI=1S/C23H25Cl2FN6O2.C23H24Cl2FN5O.C23H23Cl2FN4O3.C21H19Cl2FN6O/c1-13(21-17(24)4-5-18(26)22(21)25)34-19-6-14(7-28-23(19)27)15-8-29-32(9-15)16-10-31(11-16)20(33)12-30(2)3;1-13(21-18(24)4-5-19(26)22(21)25)32-20-6-15(7-28-23(20)27)16-8-29-31(10-16)17-11-30(12-17)9-14-2-3-14;1-3-32-23(31)16-6-14(16)10-30-11-15(9-29-30)13-7-19(22(27)28-8-13)33-12(2)20-17(24)4-5-18(26)21(20)25;1-12(19-16(22)2-3-17(24)20(19)23)31-18-6-13(7-27-21(18)26)14-8-28-30(9-14)15-10-29(11-15)5-4-25/h4-9,13,16H,10-12H2,1-3H3,(H2,27,28);4-8,10,13-14,17H,2-3,9,11-12H2,1H3,(H2,27,28);4-5,7-9,11-12,14,16H,3,6,10H2,1-2H3,(H2,27,28);2-3,6-9,12,15H,5,10-11H2,1H3,(H2,26,27)/t;;12?,14?,16-;/m..0./s1. The molecule has 6 atom stereocenters. The summed E-state index contributed by atoms with van der Waals surface area (Å²) in [5, 5.41) is 27.5. The number of nitrogens with two attached hydrogens (primary N) is 4. The number of rotatable bonds is 28. The van der Waals surface area contributed by atoms with Gasteiger partial charge in [0.25, 0.3) is 0 Å². The second-order valence-electron chi connectivity index (χ2n) is 32.4. The van der Waals surface area contributed by atoms with E-state index in [9.17, 15) is 27.2 Å². The third-order valence-electron chi connectivity index (χ3n) is 22.6. The maximum absolute atomic E-state index is 13.9. The number of halogens is 12. The van der Waals surface area contributed by atoms with Crippen LogP contribution >= 0.6 is 92.8 Å². The summed E-state index contributed by atoms with van der Waals surface area (Å²) in [5.74, 6) is 0.848. The van der Waals surface area contributed by atoms with Crippen LogP contribution in [0, 0.1) is 52.4 Å². The van der Waals surface area contributed by atoms with Crippen molar-refractivity contribution in [3.63, 3.8) is 0 Å². The molecule has 12 aromatic rings. The molecule has 0 radical (unpaired) electrons. The molecular formula is C90H91Cl8F4N21O7. The Kier molecular flexibility index (Phi) is 30.5. The van der Waals surface area contributed by atoms with Crippen LogP contribution in [0.2, 0.25) is 40.2 Å². The number of hydrogen-bond donors (Lipinski definition) is 4. The van der Waals surface area contributed by atoms with Gasteiger partial charge in [-0.1, -0.05) is 92.8 Å². The molecule has 5 unspecified atom stereocenters. The molecule has 5 fully saturated rings. The predicted molar refractivity (Wildman–Crippen MR) is 493 cm³/mol. The molecule has 17 rings (SSSR count). The van der Waals surface area contributed by atoms with Crippen LogP contribution in [0.5, 0.6) is 23.0 Å². The Bertz CT molecular complexity index is 6160. The van der Waals surface area contributed by atoms with Gasteiger partial charge in [-0.05, 0) is 153 Å². The maximum atomic E-state index is 13.9. The lowest BCUT2D eigenvalue weighted by molar-refractivity contribution is -0.145. The van der Waals surface area contributed by atoms with Crippen LogP contribution in [-0.2, 0) is 20.9 Å². The van der Waals surface area contributed by atoms with E-state index in [1.807, 2.05) is 79.9 Å². The summed E-state index contributed by atoms with van der Waals surface area (Å²) in [6, 6.07) is 20.5. The van der Waals surface area contributed by atoms with Crippen molar-refractivity contribution in [3.05, 3.63) is 233 Å². The van der Waals surface area contributed by atoms with Crippen LogP contribution in [0.15, 0.2) is 147 Å². The molecule has 4 aromatic carbocycles. The van der Waals surface area contributed by atoms with E-state index in [1.54, 1.807) is 101 Å². The normalized spacial score (nSPS) is 16.5. The van der Waals surface area contributed by atoms with Gasteiger partial charge in [-0.15, -0.1) is 0 Å². The minimum absolute atomic E-state index is 0.0567. The second kappa shape index (κ2) is 41.7. The zero-order valence-electron chi connectivity index (χ0n) is 71.3. The number of anilines is 4. The topological polar surface area (TPSA) is 344 Å². The van der Waals surface area contributed by atoms with Crippen LogP contribution in [-0.4, -0.2) is 170 Å². The first-order valence-electron chi connectivity index (χ1n) is 41.5. The summed E-state index contributed by atoms with van der Waals surface area (Å²) in [7, 11) is 3.74. The van der Waals surface area contributed by atoms with Crippen molar-refractivity contribution in [3.8, 4) is 73.6 Å². The fraction of sp³-hybridized carbons (Fsp3) is 0.344. The summed E-state index contributed by atoms with van der Waals surface area (Å²) < 4.78 is 92.1. The molecule has 682 valence electrons. The SMILES string of the molecule is CC(Oc1cc(-c2cnn(C3CN(C(=O)CN(C)C)C3)c2)cnc1N)c1c(Cl)ccc(F)c1Cl.CC(Oc1cc(-c2cnn(C3CN(CC#N)C3)c2)cnc1N)c1c(Cl)ccc(F)c1Cl.CC(Oc1cc(-c2cnn(C3CN(CC4CC4)C3)c2)cnc1N)c1c(Cl)ccc(F)c1Cl.CCOC(=O)[C@H]1CC1Cn1cc(-c2cnc(N)c(OC(C)c3c(Cl)ccc(F)c3Cl)c2)cn1. The molecule has 0 spiro atoms. The quantitative estimate of drug-likeness (QED) is 0.0153. The summed E-state index contributed by atoms with van der Waals surface area (Å²) in [5.41, 5.74) is 32.0. The van der Waals surface area contributed by atoms with E-state index in [1.165, 1.54) is 67.9 Å². The Morgan fingerprint density at radius 3 is 1.13 bits per heavy atom. The lowest BCUT2D eigenvalue weighted by Gasteiger charge is -2.39. The minimum atomic E-state index is -0.669. The highest BCUT2D eigenvalue weighted by Gasteiger charge is 2.45. The Balaban J connectivity index is 0.000000140. The van der Waals surface area contributed by atoms with Crippen LogP contribution < -0.4 is 41.9 Å². The van der Waals surface area contributed by atoms with Crippen molar-refractivity contribution in [2.24, 2.45) is 17.8 Å². The van der Waals surface area contributed by atoms with Crippen molar-refractivity contribution in [2.75, 3.05) is 103 Å². The molecule has 3 aliphatic heterocycles. The molecule has 5 aliphatic rings. The highest BCUT2D eigenvalue weighted by molar-refractivity contribution is 6.38. The van der Waals surface area contributed by atoms with E-state index in [2.05, 4.69) is 51.3 Å². The van der Waals surface area contributed by atoms with E-state index < -0.39 is 47.7 Å². The third kappa shape index (κ3) is 22.6. The fourth-order valence-electron chi connectivity index (χ4n) is 15.0. The Morgan fingerprint density at radius 2 is 0.800 bits per heavy atom. The van der Waals surface area contributed by atoms with Crippen molar-refractivity contribution >= 4 is 128 Å². The van der Waals surface area contributed by atoms with Crippen molar-refractivity contribution in [1.82, 2.24) is 78.7 Å². The maximum Gasteiger partial charge on any atom is 0.309 e. The summed E-state index contributed by atoms with van der Waals surface area (Å²) in [6.45, 7) is 16.6. The number of likely N-dealkylation sites (N-methyl/N-ethyl adjacent to an activating group) is 1. The van der Waals surface area contributed by atoms with Crippen LogP contribution in [0.3, 0.4) is 0 Å². The van der Waals surface area contributed by atoms with Crippen LogP contribution in [0.25, 0.3) is 44.5 Å². The lowest BCUT2D eigenvalue weighted by atomic mass is 10.1. The summed E-state index contributed by atoms with van der Waals surface area (Å²) in [4.78, 5) is 49.1. The molecule has 11 heterocycles. The van der Waals surface area contributed by atoms with Gasteiger partial charge >= 0.3 is 5.97 Å². The van der Waals surface area contributed by atoms with Gasteiger partial charge in [-0.25, -0.2) is 37.5 Å². The third-order valence-corrected chi connectivity index (χ3v) is 25.4. The molecule has 3 saturated heterocycles. The Hall–Kier alpha value is -10.9. The van der Waals surface area contributed by atoms with Gasteiger partial charge in [0.1, 0.15) is 47.7 Å². The molecule has 130 heavy (non-hydrogen) atoms.